The highest BCUT2D eigenvalue weighted by Gasteiger charge is 2.13. The molecule has 0 fully saturated rings. The number of nitrogens with one attached hydrogen (secondary N) is 2. The maximum absolute atomic E-state index is 11.6. The highest BCUT2D eigenvalue weighted by molar-refractivity contribution is 8.11. The van der Waals surface area contributed by atoms with Crippen LogP contribution in [0.1, 0.15) is 26.2 Å². The quantitative estimate of drug-likeness (QED) is 0.115. The number of hydrogen-bond donors (Lipinski definition) is 2. The number of ether oxygens (including phenoxy) is 4. The number of nitrogens with zero attached hydrogens (tertiary/aromatic N) is 1. The van der Waals surface area contributed by atoms with Gasteiger partial charge < -0.3 is 29.1 Å². The van der Waals surface area contributed by atoms with Crippen LogP contribution >= 0.6 is 26.6 Å². The van der Waals surface area contributed by atoms with E-state index in [2.05, 4.69) is 33.9 Å². The molecular weight excluding hydrogens is 451 g/mol. The van der Waals surface area contributed by atoms with Gasteiger partial charge in [-0.3, -0.25) is 9.88 Å². The molecule has 2 N–H and O–H groups in total. The summed E-state index contributed by atoms with van der Waals surface area (Å²) in [6, 6.07) is -0.151. The van der Waals surface area contributed by atoms with Crippen LogP contribution < -0.4 is 10.4 Å². The number of alkyl carbamates (subject to hydrolysis) is 1. The van der Waals surface area contributed by atoms with E-state index < -0.39 is 6.09 Å². The van der Waals surface area contributed by atoms with Gasteiger partial charge in [-0.15, -0.1) is 8.93 Å². The molecule has 0 aliphatic rings. The molecule has 0 saturated carbocycles. The van der Waals surface area contributed by atoms with Crippen molar-refractivity contribution in [2.45, 2.75) is 32.2 Å². The minimum Gasteiger partial charge on any atom is -0.447 e. The smallest absolute Gasteiger partial charge is 0.407 e. The first-order valence-electron chi connectivity index (χ1n) is 9.72. The Labute approximate surface area is 185 Å². The van der Waals surface area contributed by atoms with Gasteiger partial charge in [-0.05, 0) is 34.5 Å². The maximum atomic E-state index is 11.6. The Balaban J connectivity index is 3.55. The molecule has 0 aromatic carbocycles. The van der Waals surface area contributed by atoms with Crippen LogP contribution in [0.15, 0.2) is 5.16 Å². The van der Waals surface area contributed by atoms with Gasteiger partial charge in [-0.25, -0.2) is 4.79 Å². The minimum atomic E-state index is -0.482. The molecule has 0 aromatic heterocycles. The first kappa shape index (κ1) is 29.5. The predicted octanol–water partition coefficient (Wildman–Crippen LogP) is 1.70. The van der Waals surface area contributed by atoms with E-state index >= 15 is 0 Å². The van der Waals surface area contributed by atoms with Crippen molar-refractivity contribution < 1.29 is 33.4 Å². The van der Waals surface area contributed by atoms with Crippen molar-refractivity contribution in [1.82, 2.24) is 10.4 Å². The van der Waals surface area contributed by atoms with E-state index in [9.17, 15) is 9.59 Å². The SMILES string of the molecule is COCCOCCO/N=C(\C)COCCOC(=O)NCCCC[C@H](NP)C(=O)PP. The van der Waals surface area contributed by atoms with Crippen LogP contribution in [-0.4, -0.2) is 83.3 Å². The molecule has 0 aliphatic carbocycles. The second kappa shape index (κ2) is 21.8. The molecule has 4 atom stereocenters. The van der Waals surface area contributed by atoms with Crippen LogP contribution in [0.4, 0.5) is 4.79 Å². The van der Waals surface area contributed by atoms with Gasteiger partial charge in [0, 0.05) is 13.7 Å². The Hall–Kier alpha value is -0.460. The normalized spacial score (nSPS) is 12.9. The van der Waals surface area contributed by atoms with Crippen molar-refractivity contribution in [3.63, 3.8) is 0 Å². The molecular formula is C17H36N3O7P3. The largest absolute Gasteiger partial charge is 0.447 e. The zero-order valence-electron chi connectivity index (χ0n) is 17.8. The lowest BCUT2D eigenvalue weighted by atomic mass is 10.1. The molecule has 0 heterocycles. The van der Waals surface area contributed by atoms with Crippen LogP contribution in [-0.2, 0) is 28.6 Å². The lowest BCUT2D eigenvalue weighted by molar-refractivity contribution is -0.112. The van der Waals surface area contributed by atoms with Gasteiger partial charge in [-0.1, -0.05) is 14.5 Å². The molecule has 10 nitrogen and oxygen atoms in total. The Morgan fingerprint density at radius 3 is 2.50 bits per heavy atom. The molecule has 0 rings (SSSR count). The van der Waals surface area contributed by atoms with Crippen molar-refractivity contribution in [3.05, 3.63) is 0 Å². The Kier molecular flexibility index (Phi) is 21.4. The monoisotopic (exact) mass is 487 g/mol. The van der Waals surface area contributed by atoms with Crippen LogP contribution in [0.25, 0.3) is 0 Å². The van der Waals surface area contributed by atoms with E-state index in [1.54, 1.807) is 14.0 Å². The second-order valence-corrected chi connectivity index (χ2v) is 8.08. The summed E-state index contributed by atoms with van der Waals surface area (Å²) >= 11 is 0. The molecule has 13 heteroatoms. The number of amides is 1. The zero-order chi connectivity index (χ0) is 22.5. The molecule has 176 valence electrons. The summed E-state index contributed by atoms with van der Waals surface area (Å²) in [7, 11) is 6.66. The highest BCUT2D eigenvalue weighted by atomic mass is 32.0. The summed E-state index contributed by atoms with van der Waals surface area (Å²) < 4.78 is 20.5. The first-order valence-corrected chi connectivity index (χ1v) is 13.1. The molecule has 0 bridgehead atoms. The van der Waals surface area contributed by atoms with Crippen LogP contribution in [0.3, 0.4) is 0 Å². The van der Waals surface area contributed by atoms with Crippen LogP contribution in [0.5, 0.6) is 0 Å². The number of unbranched alkanes of at least 4 members (excludes halogenated alkanes) is 1. The fourth-order valence-corrected chi connectivity index (χ4v) is 3.56. The van der Waals surface area contributed by atoms with E-state index in [1.165, 1.54) is 0 Å². The highest BCUT2D eigenvalue weighted by Crippen LogP contribution is 2.24. The van der Waals surface area contributed by atoms with E-state index in [0.29, 0.717) is 38.7 Å². The van der Waals surface area contributed by atoms with Gasteiger partial charge in [0.25, 0.3) is 0 Å². The maximum Gasteiger partial charge on any atom is 0.407 e. The number of hydrogen-bond acceptors (Lipinski definition) is 9. The van der Waals surface area contributed by atoms with Gasteiger partial charge in [0.1, 0.15) is 13.2 Å². The van der Waals surface area contributed by atoms with Crippen molar-refractivity contribution in [2.24, 2.45) is 5.16 Å². The van der Waals surface area contributed by atoms with Crippen molar-refractivity contribution in [1.29, 1.82) is 0 Å². The topological polar surface area (TPSA) is 117 Å². The number of oxime groups is 1. The fraction of sp³-hybridized carbons (Fsp3) is 0.824. The van der Waals surface area contributed by atoms with Gasteiger partial charge in [0.15, 0.2) is 5.52 Å². The minimum absolute atomic E-state index is 0.149. The molecule has 30 heavy (non-hydrogen) atoms. The van der Waals surface area contributed by atoms with E-state index in [1.807, 2.05) is 0 Å². The number of methoxy groups -OCH3 is 1. The van der Waals surface area contributed by atoms with Crippen molar-refractivity contribution >= 4 is 43.9 Å². The standard InChI is InChI=1S/C17H36N3O7P3/c1-14(19-27-12-10-24-8-7-23-2)13-25-9-11-26-17(22)18-6-4-3-5-15(20-28)16(21)30-29/h15,20,30H,3-13,28-29H2,1-2H3,(H,18,22)/b19-14+/t15-/m0/s1. The van der Waals surface area contributed by atoms with Crippen molar-refractivity contribution in [3.8, 4) is 0 Å². The second-order valence-electron chi connectivity index (χ2n) is 6.10. The summed E-state index contributed by atoms with van der Waals surface area (Å²) in [5.41, 5.74) is 0.858. The predicted molar refractivity (Wildman–Crippen MR) is 125 cm³/mol. The summed E-state index contributed by atoms with van der Waals surface area (Å²) in [6.45, 7) is 4.85. The van der Waals surface area contributed by atoms with Gasteiger partial charge >= 0.3 is 6.09 Å². The lowest BCUT2D eigenvalue weighted by Gasteiger charge is -2.13. The number of carbonyl (C=O) groups excluding carboxylic acids is 2. The summed E-state index contributed by atoms with van der Waals surface area (Å²) in [5.74, 6) is 0. The van der Waals surface area contributed by atoms with Crippen molar-refractivity contribution in [2.75, 3.05) is 59.9 Å². The van der Waals surface area contributed by atoms with E-state index in [-0.39, 0.29) is 39.7 Å². The Bertz CT molecular complexity index is 488. The van der Waals surface area contributed by atoms with Crippen LogP contribution in [0.2, 0.25) is 0 Å². The fourth-order valence-electron chi connectivity index (χ4n) is 2.04. The van der Waals surface area contributed by atoms with Crippen LogP contribution in [0, 0.1) is 0 Å². The lowest BCUT2D eigenvalue weighted by Crippen LogP contribution is -2.29. The Morgan fingerprint density at radius 2 is 1.80 bits per heavy atom. The first-order chi connectivity index (χ1) is 14.5. The molecule has 0 radical (unpaired) electrons. The van der Waals surface area contributed by atoms with E-state index in [0.717, 1.165) is 19.3 Å². The van der Waals surface area contributed by atoms with Gasteiger partial charge in [0.05, 0.1) is 44.8 Å². The third-order valence-electron chi connectivity index (χ3n) is 3.59. The molecule has 3 unspecified atom stereocenters. The third-order valence-corrected chi connectivity index (χ3v) is 5.48. The number of carbonyl (C=O) groups is 2. The summed E-state index contributed by atoms with van der Waals surface area (Å²) in [6.07, 6.45) is 1.86. The summed E-state index contributed by atoms with van der Waals surface area (Å²) in [4.78, 5) is 28.3. The number of rotatable bonds is 20. The molecule has 0 spiro atoms. The third kappa shape index (κ3) is 18.3. The van der Waals surface area contributed by atoms with Gasteiger partial charge in [-0.2, -0.15) is 0 Å². The summed E-state index contributed by atoms with van der Waals surface area (Å²) in [5, 5.41) is 9.51. The molecule has 0 saturated heterocycles. The average Bonchev–Trinajstić information content (AvgIpc) is 2.74. The molecule has 1 amide bonds. The Morgan fingerprint density at radius 1 is 1.07 bits per heavy atom. The van der Waals surface area contributed by atoms with Gasteiger partial charge in [0.2, 0.25) is 0 Å². The van der Waals surface area contributed by atoms with E-state index in [4.69, 9.17) is 23.8 Å². The zero-order valence-corrected chi connectivity index (χ0v) is 21.1. The molecule has 0 aromatic rings. The molecule has 0 aliphatic heterocycles. The average molecular weight is 487 g/mol.